The van der Waals surface area contributed by atoms with Crippen LogP contribution in [0.15, 0.2) is 18.2 Å². The Morgan fingerprint density at radius 3 is 2.94 bits per heavy atom. The molecule has 2 N–H and O–H groups in total. The molecular formula is C12H14O4. The summed E-state index contributed by atoms with van der Waals surface area (Å²) in [6.07, 6.45) is 0.839. The van der Waals surface area contributed by atoms with Crippen LogP contribution in [-0.2, 0) is 16.8 Å². The van der Waals surface area contributed by atoms with E-state index in [1.54, 1.807) is 19.2 Å². The number of aliphatic hydroxyl groups is 1. The van der Waals surface area contributed by atoms with Crippen molar-refractivity contribution in [2.24, 2.45) is 0 Å². The Labute approximate surface area is 93.5 Å². The molecular weight excluding hydrogens is 208 g/mol. The van der Waals surface area contributed by atoms with Gasteiger partial charge >= 0.3 is 5.97 Å². The van der Waals surface area contributed by atoms with E-state index in [4.69, 9.17) is 9.84 Å². The van der Waals surface area contributed by atoms with Gasteiger partial charge in [-0.1, -0.05) is 12.1 Å². The molecule has 4 heteroatoms. The zero-order chi connectivity index (χ0) is 11.8. The molecule has 0 heterocycles. The van der Waals surface area contributed by atoms with Gasteiger partial charge in [-0.25, -0.2) is 0 Å². The van der Waals surface area contributed by atoms with E-state index in [2.05, 4.69) is 0 Å². The summed E-state index contributed by atoms with van der Waals surface area (Å²) in [4.78, 5) is 10.7. The molecule has 1 aromatic rings. The maximum Gasteiger partial charge on any atom is 0.306 e. The summed E-state index contributed by atoms with van der Waals surface area (Å²) in [5.74, 6) is -0.267. The van der Waals surface area contributed by atoms with Crippen LogP contribution in [0.5, 0.6) is 5.75 Å². The molecule has 0 bridgehead atoms. The van der Waals surface area contributed by atoms with Crippen molar-refractivity contribution < 1.29 is 19.7 Å². The monoisotopic (exact) mass is 222 g/mol. The number of rotatable bonds is 3. The van der Waals surface area contributed by atoms with Crippen LogP contribution in [0.4, 0.5) is 0 Å². The van der Waals surface area contributed by atoms with Crippen molar-refractivity contribution in [3.05, 3.63) is 29.3 Å². The first-order chi connectivity index (χ1) is 7.57. The Balaban J connectivity index is 2.43. The number of benzene rings is 1. The van der Waals surface area contributed by atoms with Gasteiger partial charge in [-0.3, -0.25) is 4.79 Å². The normalized spacial score (nSPS) is 22.9. The smallest absolute Gasteiger partial charge is 0.306 e. The molecule has 0 aliphatic heterocycles. The van der Waals surface area contributed by atoms with Gasteiger partial charge in [0.05, 0.1) is 13.5 Å². The van der Waals surface area contributed by atoms with Crippen LogP contribution >= 0.6 is 0 Å². The van der Waals surface area contributed by atoms with Gasteiger partial charge in [-0.15, -0.1) is 0 Å². The Morgan fingerprint density at radius 2 is 2.31 bits per heavy atom. The van der Waals surface area contributed by atoms with Crippen LogP contribution in [0, 0.1) is 0 Å². The number of carboxylic acid groups (broad SMARTS) is 1. The van der Waals surface area contributed by atoms with Crippen molar-refractivity contribution in [2.75, 3.05) is 7.11 Å². The summed E-state index contributed by atoms with van der Waals surface area (Å²) in [5.41, 5.74) is 0.374. The van der Waals surface area contributed by atoms with Gasteiger partial charge in [-0.2, -0.15) is 0 Å². The molecule has 0 fully saturated rings. The molecule has 1 aromatic carbocycles. The van der Waals surface area contributed by atoms with E-state index in [1.165, 1.54) is 0 Å². The fourth-order valence-electron chi connectivity index (χ4n) is 2.35. The van der Waals surface area contributed by atoms with Crippen molar-refractivity contribution in [2.45, 2.75) is 24.9 Å². The van der Waals surface area contributed by atoms with E-state index in [0.717, 1.165) is 11.3 Å². The van der Waals surface area contributed by atoms with Crippen LogP contribution in [0.2, 0.25) is 0 Å². The molecule has 0 aromatic heterocycles. The summed E-state index contributed by atoms with van der Waals surface area (Å²) in [5, 5.41) is 19.1. The van der Waals surface area contributed by atoms with Crippen LogP contribution in [-0.4, -0.2) is 23.3 Å². The zero-order valence-corrected chi connectivity index (χ0v) is 9.06. The molecule has 0 amide bonds. The van der Waals surface area contributed by atoms with Crippen molar-refractivity contribution in [1.29, 1.82) is 0 Å². The third-order valence-electron chi connectivity index (χ3n) is 3.09. The predicted molar refractivity (Wildman–Crippen MR) is 57.5 cm³/mol. The molecule has 1 aliphatic rings. The molecule has 2 rings (SSSR count). The minimum absolute atomic E-state index is 0.257. The van der Waals surface area contributed by atoms with Gasteiger partial charge in [0.25, 0.3) is 0 Å². The van der Waals surface area contributed by atoms with Crippen LogP contribution in [0.25, 0.3) is 0 Å². The molecule has 16 heavy (non-hydrogen) atoms. The molecule has 1 aliphatic carbocycles. The molecule has 0 saturated heterocycles. The van der Waals surface area contributed by atoms with E-state index >= 15 is 0 Å². The molecule has 0 spiro atoms. The lowest BCUT2D eigenvalue weighted by molar-refractivity contribution is -0.142. The fraction of sp³-hybridized carbons (Fsp3) is 0.417. The molecule has 1 unspecified atom stereocenters. The van der Waals surface area contributed by atoms with E-state index in [-0.39, 0.29) is 6.42 Å². The maximum absolute atomic E-state index is 10.7. The third-order valence-corrected chi connectivity index (χ3v) is 3.09. The number of carboxylic acids is 1. The Bertz CT molecular complexity index is 427. The topological polar surface area (TPSA) is 66.8 Å². The number of hydrogen-bond acceptors (Lipinski definition) is 3. The molecule has 4 nitrogen and oxygen atoms in total. The first-order valence-electron chi connectivity index (χ1n) is 5.17. The highest BCUT2D eigenvalue weighted by molar-refractivity contribution is 5.69. The van der Waals surface area contributed by atoms with E-state index in [0.29, 0.717) is 18.4 Å². The number of ether oxygens (including phenoxy) is 1. The van der Waals surface area contributed by atoms with Gasteiger partial charge in [0.15, 0.2) is 0 Å². The number of carbonyl (C=O) groups is 1. The standard InChI is InChI=1S/C12H14O4/c1-16-10-4-2-3-9-8(10)5-6-12(9,15)7-11(13)14/h2-4,15H,5-7H2,1H3,(H,13,14). The number of aliphatic carboxylic acids is 1. The SMILES string of the molecule is COc1cccc2c1CCC2(O)CC(=O)O. The average Bonchev–Trinajstić information content (AvgIpc) is 2.55. The van der Waals surface area contributed by atoms with Crippen LogP contribution in [0.3, 0.4) is 0 Å². The minimum atomic E-state index is -1.24. The van der Waals surface area contributed by atoms with Crippen molar-refractivity contribution in [3.8, 4) is 5.75 Å². The van der Waals surface area contributed by atoms with Gasteiger partial charge in [0.2, 0.25) is 0 Å². The van der Waals surface area contributed by atoms with Crippen molar-refractivity contribution >= 4 is 5.97 Å². The fourth-order valence-corrected chi connectivity index (χ4v) is 2.35. The van der Waals surface area contributed by atoms with Crippen molar-refractivity contribution in [3.63, 3.8) is 0 Å². The Kier molecular flexibility index (Phi) is 2.59. The predicted octanol–water partition coefficient (Wildman–Crippen LogP) is 1.30. The summed E-state index contributed by atoms with van der Waals surface area (Å²) >= 11 is 0. The second-order valence-corrected chi connectivity index (χ2v) is 4.09. The number of fused-ring (bicyclic) bond motifs is 1. The summed E-state index contributed by atoms with van der Waals surface area (Å²) in [6, 6.07) is 5.37. The molecule has 1 atom stereocenters. The first kappa shape index (κ1) is 11.0. The Hall–Kier alpha value is -1.55. The lowest BCUT2D eigenvalue weighted by Crippen LogP contribution is -2.25. The number of methoxy groups -OCH3 is 1. The maximum atomic E-state index is 10.7. The van der Waals surface area contributed by atoms with Gasteiger partial charge < -0.3 is 14.9 Å². The Morgan fingerprint density at radius 1 is 1.56 bits per heavy atom. The zero-order valence-electron chi connectivity index (χ0n) is 9.06. The van der Waals surface area contributed by atoms with Gasteiger partial charge in [0, 0.05) is 5.56 Å². The largest absolute Gasteiger partial charge is 0.496 e. The summed E-state index contributed by atoms with van der Waals surface area (Å²) in [7, 11) is 1.57. The third kappa shape index (κ3) is 1.65. The summed E-state index contributed by atoms with van der Waals surface area (Å²) in [6.45, 7) is 0. The number of hydrogen-bond donors (Lipinski definition) is 2. The lowest BCUT2D eigenvalue weighted by atomic mass is 9.92. The van der Waals surface area contributed by atoms with Crippen LogP contribution in [0.1, 0.15) is 24.0 Å². The van der Waals surface area contributed by atoms with Crippen molar-refractivity contribution in [1.82, 2.24) is 0 Å². The molecule has 0 radical (unpaired) electrons. The minimum Gasteiger partial charge on any atom is -0.496 e. The van der Waals surface area contributed by atoms with Crippen LogP contribution < -0.4 is 4.74 Å². The lowest BCUT2D eigenvalue weighted by Gasteiger charge is -2.21. The highest BCUT2D eigenvalue weighted by atomic mass is 16.5. The van der Waals surface area contributed by atoms with E-state index in [1.807, 2.05) is 6.07 Å². The highest BCUT2D eigenvalue weighted by Crippen LogP contribution is 2.42. The quantitative estimate of drug-likeness (QED) is 0.809. The van der Waals surface area contributed by atoms with Gasteiger partial charge in [0.1, 0.15) is 11.4 Å². The first-order valence-corrected chi connectivity index (χ1v) is 5.17. The van der Waals surface area contributed by atoms with Gasteiger partial charge in [-0.05, 0) is 24.5 Å². The second kappa shape index (κ2) is 3.79. The highest BCUT2D eigenvalue weighted by Gasteiger charge is 2.39. The second-order valence-electron chi connectivity index (χ2n) is 4.09. The van der Waals surface area contributed by atoms with E-state index < -0.39 is 11.6 Å². The molecule has 86 valence electrons. The summed E-state index contributed by atoms with van der Waals surface area (Å²) < 4.78 is 5.20. The average molecular weight is 222 g/mol. The van der Waals surface area contributed by atoms with E-state index in [9.17, 15) is 9.90 Å². The molecule has 0 saturated carbocycles.